The molecule has 7 heteroatoms. The number of ether oxygens (including phenoxy) is 1. The molecule has 0 bridgehead atoms. The first-order chi connectivity index (χ1) is 9.22. The first-order valence-corrected chi connectivity index (χ1v) is 7.89. The van der Waals surface area contributed by atoms with E-state index in [0.717, 1.165) is 21.3 Å². The maximum Gasteiger partial charge on any atom is 0.231 e. The maximum atomic E-state index is 11.9. The first-order valence-electron chi connectivity index (χ1n) is 5.82. The van der Waals surface area contributed by atoms with Crippen molar-refractivity contribution in [1.82, 2.24) is 4.98 Å². The van der Waals surface area contributed by atoms with Gasteiger partial charge in [0.2, 0.25) is 5.91 Å². The molecule has 0 saturated carbocycles. The number of thiazole rings is 1. The monoisotopic (exact) mass is 314 g/mol. The third-order valence-corrected chi connectivity index (χ3v) is 4.87. The summed E-state index contributed by atoms with van der Waals surface area (Å²) in [7, 11) is 0. The predicted octanol–water partition coefficient (Wildman–Crippen LogP) is 3.50. The number of carbonyl (C=O) groups is 1. The topological polar surface area (TPSA) is 51.2 Å². The van der Waals surface area contributed by atoms with E-state index in [9.17, 15) is 4.79 Å². The number of anilines is 1. The van der Waals surface area contributed by atoms with E-state index < -0.39 is 0 Å². The molecule has 0 unspecified atom stereocenters. The third-order valence-electron chi connectivity index (χ3n) is 2.86. The number of rotatable bonds is 3. The summed E-state index contributed by atoms with van der Waals surface area (Å²) >= 11 is 8.79. The van der Waals surface area contributed by atoms with E-state index in [0.29, 0.717) is 18.3 Å². The van der Waals surface area contributed by atoms with E-state index in [-0.39, 0.29) is 11.8 Å². The minimum atomic E-state index is -0.0523. The van der Waals surface area contributed by atoms with Crippen LogP contribution in [0.2, 0.25) is 4.34 Å². The van der Waals surface area contributed by atoms with Gasteiger partial charge in [-0.3, -0.25) is 4.79 Å². The summed E-state index contributed by atoms with van der Waals surface area (Å²) in [4.78, 5) is 17.3. The fraction of sp³-hybridized carbons (Fsp3) is 0.333. The van der Waals surface area contributed by atoms with Crippen LogP contribution in [0.25, 0.3) is 10.6 Å². The van der Waals surface area contributed by atoms with Crippen LogP contribution in [-0.4, -0.2) is 24.1 Å². The number of aromatic nitrogens is 1. The van der Waals surface area contributed by atoms with Crippen molar-refractivity contribution < 1.29 is 9.53 Å². The van der Waals surface area contributed by atoms with Gasteiger partial charge in [0.1, 0.15) is 0 Å². The quantitative estimate of drug-likeness (QED) is 0.943. The Morgan fingerprint density at radius 1 is 1.53 bits per heavy atom. The number of hydrogen-bond donors (Lipinski definition) is 1. The maximum absolute atomic E-state index is 11.9. The molecule has 1 atom stereocenters. The molecule has 1 amide bonds. The van der Waals surface area contributed by atoms with Gasteiger partial charge in [-0.2, -0.15) is 0 Å². The van der Waals surface area contributed by atoms with Crippen LogP contribution in [0.5, 0.6) is 0 Å². The highest BCUT2D eigenvalue weighted by atomic mass is 35.5. The van der Waals surface area contributed by atoms with Crippen LogP contribution < -0.4 is 5.32 Å². The fourth-order valence-corrected chi connectivity index (χ4v) is 3.64. The normalized spacial score (nSPS) is 18.7. The molecular formula is C12H11ClN2O2S2. The van der Waals surface area contributed by atoms with Gasteiger partial charge < -0.3 is 10.1 Å². The van der Waals surface area contributed by atoms with Crippen LogP contribution in [0, 0.1) is 5.92 Å². The second-order valence-corrected chi connectivity index (χ2v) is 6.76. The molecule has 19 heavy (non-hydrogen) atoms. The molecule has 3 rings (SSSR count). The third kappa shape index (κ3) is 2.97. The SMILES string of the molecule is O=C(Nc1nc(-c2ccc(Cl)s2)cs1)[C@H]1CCOC1. The van der Waals surface area contributed by atoms with Crippen molar-refractivity contribution >= 4 is 45.3 Å². The smallest absolute Gasteiger partial charge is 0.231 e. The zero-order valence-electron chi connectivity index (χ0n) is 9.89. The van der Waals surface area contributed by atoms with E-state index in [1.165, 1.54) is 22.7 Å². The molecule has 0 radical (unpaired) electrons. The predicted molar refractivity (Wildman–Crippen MR) is 78.0 cm³/mol. The lowest BCUT2D eigenvalue weighted by atomic mass is 10.1. The van der Waals surface area contributed by atoms with Crippen LogP contribution >= 0.6 is 34.3 Å². The van der Waals surface area contributed by atoms with Gasteiger partial charge in [-0.1, -0.05) is 11.6 Å². The molecule has 1 aliphatic rings. The van der Waals surface area contributed by atoms with E-state index in [2.05, 4.69) is 10.3 Å². The Balaban J connectivity index is 1.69. The molecule has 3 heterocycles. The van der Waals surface area contributed by atoms with Gasteiger partial charge in [0.25, 0.3) is 0 Å². The number of halogens is 1. The molecule has 1 saturated heterocycles. The summed E-state index contributed by atoms with van der Waals surface area (Å²) in [5.74, 6) is -0.0638. The summed E-state index contributed by atoms with van der Waals surface area (Å²) in [5.41, 5.74) is 0.847. The van der Waals surface area contributed by atoms with Crippen molar-refractivity contribution in [3.8, 4) is 10.6 Å². The average Bonchev–Trinajstić information content (AvgIpc) is 3.07. The lowest BCUT2D eigenvalue weighted by Gasteiger charge is -2.05. The van der Waals surface area contributed by atoms with Crippen molar-refractivity contribution in [3.63, 3.8) is 0 Å². The molecule has 2 aromatic heterocycles. The van der Waals surface area contributed by atoms with Gasteiger partial charge in [0.15, 0.2) is 5.13 Å². The summed E-state index contributed by atoms with van der Waals surface area (Å²) in [6.07, 6.45) is 0.782. The Kier molecular flexibility index (Phi) is 3.83. The van der Waals surface area contributed by atoms with E-state index in [1.54, 1.807) is 0 Å². The number of thiophene rings is 1. The minimum Gasteiger partial charge on any atom is -0.381 e. The summed E-state index contributed by atoms with van der Waals surface area (Å²) < 4.78 is 5.94. The molecule has 1 aliphatic heterocycles. The second kappa shape index (κ2) is 5.58. The molecule has 4 nitrogen and oxygen atoms in total. The van der Waals surface area contributed by atoms with Crippen LogP contribution in [0.3, 0.4) is 0 Å². The summed E-state index contributed by atoms with van der Waals surface area (Å²) in [6, 6.07) is 3.77. The number of nitrogens with zero attached hydrogens (tertiary/aromatic N) is 1. The van der Waals surface area contributed by atoms with Crippen LogP contribution in [-0.2, 0) is 9.53 Å². The zero-order valence-corrected chi connectivity index (χ0v) is 12.3. The Morgan fingerprint density at radius 3 is 3.11 bits per heavy atom. The lowest BCUT2D eigenvalue weighted by Crippen LogP contribution is -2.22. The lowest BCUT2D eigenvalue weighted by molar-refractivity contribution is -0.119. The molecule has 0 aromatic carbocycles. The van der Waals surface area contributed by atoms with E-state index >= 15 is 0 Å². The van der Waals surface area contributed by atoms with Crippen LogP contribution in [0.15, 0.2) is 17.5 Å². The van der Waals surface area contributed by atoms with Crippen molar-refractivity contribution in [2.24, 2.45) is 5.92 Å². The van der Waals surface area contributed by atoms with Gasteiger partial charge in [-0.25, -0.2) is 4.98 Å². The largest absolute Gasteiger partial charge is 0.381 e. The van der Waals surface area contributed by atoms with Gasteiger partial charge in [0, 0.05) is 12.0 Å². The Labute approximate surface area is 123 Å². The minimum absolute atomic E-state index is 0.0115. The molecular weight excluding hydrogens is 304 g/mol. The highest BCUT2D eigenvalue weighted by Crippen LogP contribution is 2.33. The van der Waals surface area contributed by atoms with Crippen molar-refractivity contribution in [2.75, 3.05) is 18.5 Å². The first kappa shape index (κ1) is 13.1. The van der Waals surface area contributed by atoms with E-state index in [4.69, 9.17) is 16.3 Å². The van der Waals surface area contributed by atoms with Gasteiger partial charge in [-0.15, -0.1) is 22.7 Å². The standard InChI is InChI=1S/C12H11ClN2O2S2/c13-10-2-1-9(19-10)8-6-18-12(14-8)15-11(16)7-3-4-17-5-7/h1-2,6-7H,3-5H2,(H,14,15,16)/t7-/m0/s1. The van der Waals surface area contributed by atoms with Crippen LogP contribution in [0.1, 0.15) is 6.42 Å². The van der Waals surface area contributed by atoms with E-state index in [1.807, 2.05) is 17.5 Å². The van der Waals surface area contributed by atoms with Crippen molar-refractivity contribution in [3.05, 3.63) is 21.8 Å². The molecule has 1 fully saturated rings. The fourth-order valence-electron chi connectivity index (χ4n) is 1.85. The Bertz CT molecular complexity index is 590. The highest BCUT2D eigenvalue weighted by Gasteiger charge is 2.24. The van der Waals surface area contributed by atoms with Crippen molar-refractivity contribution in [2.45, 2.75) is 6.42 Å². The molecule has 100 valence electrons. The molecule has 0 spiro atoms. The second-order valence-electron chi connectivity index (χ2n) is 4.19. The number of carbonyl (C=O) groups excluding carboxylic acids is 1. The number of nitrogens with one attached hydrogen (secondary N) is 1. The molecule has 1 N–H and O–H groups in total. The highest BCUT2D eigenvalue weighted by molar-refractivity contribution is 7.20. The number of amides is 1. The van der Waals surface area contributed by atoms with Gasteiger partial charge >= 0.3 is 0 Å². The Hall–Kier alpha value is -0.950. The van der Waals surface area contributed by atoms with Gasteiger partial charge in [-0.05, 0) is 18.6 Å². The molecule has 0 aliphatic carbocycles. The summed E-state index contributed by atoms with van der Waals surface area (Å²) in [5, 5.41) is 5.38. The average molecular weight is 315 g/mol. The summed E-state index contributed by atoms with van der Waals surface area (Å²) in [6.45, 7) is 1.17. The van der Waals surface area contributed by atoms with Crippen molar-refractivity contribution in [1.29, 1.82) is 0 Å². The Morgan fingerprint density at radius 2 is 2.42 bits per heavy atom. The van der Waals surface area contributed by atoms with Gasteiger partial charge in [0.05, 0.1) is 27.4 Å². The number of hydrogen-bond acceptors (Lipinski definition) is 5. The van der Waals surface area contributed by atoms with Crippen LogP contribution in [0.4, 0.5) is 5.13 Å². The molecule has 2 aromatic rings. The zero-order chi connectivity index (χ0) is 13.2.